The summed E-state index contributed by atoms with van der Waals surface area (Å²) in [6.07, 6.45) is 0.814. The van der Waals surface area contributed by atoms with Crippen molar-refractivity contribution in [1.82, 2.24) is 5.32 Å². The Morgan fingerprint density at radius 2 is 2.07 bits per heavy atom. The highest BCUT2D eigenvalue weighted by atomic mass is 35.5. The topological polar surface area (TPSA) is 38.0 Å². The van der Waals surface area contributed by atoms with Gasteiger partial charge in [0.05, 0.1) is 10.0 Å². The fourth-order valence-electron chi connectivity index (χ4n) is 1.03. The summed E-state index contributed by atoms with van der Waals surface area (Å²) in [5.41, 5.74) is 6.38. The molecule has 0 aliphatic rings. The zero-order chi connectivity index (χ0) is 10.6. The van der Waals surface area contributed by atoms with Crippen LogP contribution >= 0.6 is 35.4 Å². The minimum Gasteiger partial charge on any atom is -0.376 e. The van der Waals surface area contributed by atoms with Gasteiger partial charge in [-0.05, 0) is 36.3 Å². The fraction of sp³-hybridized carbons (Fsp3) is 0.222. The van der Waals surface area contributed by atoms with E-state index in [1.165, 1.54) is 0 Å². The van der Waals surface area contributed by atoms with Gasteiger partial charge in [-0.1, -0.05) is 29.3 Å². The van der Waals surface area contributed by atoms with Gasteiger partial charge < -0.3 is 11.1 Å². The van der Waals surface area contributed by atoms with Crippen molar-refractivity contribution in [2.24, 2.45) is 5.73 Å². The van der Waals surface area contributed by atoms with Crippen LogP contribution in [0, 0.1) is 0 Å². The molecule has 0 radical (unpaired) electrons. The summed E-state index contributed by atoms with van der Waals surface area (Å²) < 4.78 is 0. The van der Waals surface area contributed by atoms with Gasteiger partial charge >= 0.3 is 0 Å². The second-order valence-electron chi connectivity index (χ2n) is 2.79. The van der Waals surface area contributed by atoms with Crippen LogP contribution in [0.15, 0.2) is 18.2 Å². The second kappa shape index (κ2) is 5.39. The molecule has 0 heterocycles. The summed E-state index contributed by atoms with van der Waals surface area (Å²) in [6, 6.07) is 5.54. The summed E-state index contributed by atoms with van der Waals surface area (Å²) >= 11 is 16.3. The number of nitrogens with two attached hydrogens (primary N) is 1. The van der Waals surface area contributed by atoms with Crippen molar-refractivity contribution in [2.75, 3.05) is 6.54 Å². The van der Waals surface area contributed by atoms with Gasteiger partial charge in [-0.2, -0.15) is 0 Å². The van der Waals surface area contributed by atoms with E-state index in [-0.39, 0.29) is 0 Å². The molecule has 0 bridgehead atoms. The molecule has 1 aromatic rings. The van der Waals surface area contributed by atoms with Crippen LogP contribution in [0.2, 0.25) is 10.0 Å². The van der Waals surface area contributed by atoms with E-state index in [2.05, 4.69) is 17.5 Å². The monoisotopic (exact) mass is 248 g/mol. The molecule has 14 heavy (non-hydrogen) atoms. The van der Waals surface area contributed by atoms with Crippen molar-refractivity contribution in [1.29, 1.82) is 0 Å². The second-order valence-corrected chi connectivity index (χ2v) is 4.04. The molecule has 0 aliphatic carbocycles. The Morgan fingerprint density at radius 1 is 1.36 bits per heavy atom. The molecule has 5 heteroatoms. The molecular formula is C9H10Cl2N2S. The van der Waals surface area contributed by atoms with Crippen molar-refractivity contribution in [2.45, 2.75) is 6.42 Å². The number of benzene rings is 1. The molecule has 76 valence electrons. The van der Waals surface area contributed by atoms with Gasteiger partial charge in [0.15, 0.2) is 5.11 Å². The molecule has 0 atom stereocenters. The van der Waals surface area contributed by atoms with Crippen LogP contribution in [-0.2, 0) is 6.42 Å². The third-order valence-electron chi connectivity index (χ3n) is 1.70. The van der Waals surface area contributed by atoms with E-state index >= 15 is 0 Å². The quantitative estimate of drug-likeness (QED) is 0.807. The largest absolute Gasteiger partial charge is 0.376 e. The molecule has 0 aromatic heterocycles. The predicted molar refractivity (Wildman–Crippen MR) is 65.0 cm³/mol. The lowest BCUT2D eigenvalue weighted by atomic mass is 10.1. The van der Waals surface area contributed by atoms with Crippen molar-refractivity contribution >= 4 is 40.5 Å². The zero-order valence-electron chi connectivity index (χ0n) is 7.39. The molecule has 1 aromatic carbocycles. The summed E-state index contributed by atoms with van der Waals surface area (Å²) in [7, 11) is 0. The highest BCUT2D eigenvalue weighted by molar-refractivity contribution is 7.80. The molecule has 0 saturated carbocycles. The normalized spacial score (nSPS) is 9.86. The van der Waals surface area contributed by atoms with Crippen molar-refractivity contribution in [3.8, 4) is 0 Å². The molecular weight excluding hydrogens is 239 g/mol. The van der Waals surface area contributed by atoms with Crippen molar-refractivity contribution < 1.29 is 0 Å². The third kappa shape index (κ3) is 3.70. The third-order valence-corrected chi connectivity index (χ3v) is 2.58. The lowest BCUT2D eigenvalue weighted by Gasteiger charge is -2.04. The van der Waals surface area contributed by atoms with E-state index in [1.54, 1.807) is 6.07 Å². The number of halogens is 2. The first-order chi connectivity index (χ1) is 6.59. The van der Waals surface area contributed by atoms with Gasteiger partial charge in [0, 0.05) is 6.54 Å². The molecule has 0 spiro atoms. The fourth-order valence-corrected chi connectivity index (χ4v) is 1.45. The lowest BCUT2D eigenvalue weighted by Crippen LogP contribution is -2.30. The molecule has 0 fully saturated rings. The van der Waals surface area contributed by atoms with Gasteiger partial charge in [0.2, 0.25) is 0 Å². The number of thiocarbonyl (C=S) groups is 1. The van der Waals surface area contributed by atoms with E-state index < -0.39 is 0 Å². The van der Waals surface area contributed by atoms with Gasteiger partial charge in [-0.3, -0.25) is 0 Å². The Bertz CT molecular complexity index is 342. The number of hydrogen-bond donors (Lipinski definition) is 2. The van der Waals surface area contributed by atoms with Gasteiger partial charge in [-0.25, -0.2) is 0 Å². The molecule has 0 unspecified atom stereocenters. The van der Waals surface area contributed by atoms with E-state index in [1.807, 2.05) is 12.1 Å². The highest BCUT2D eigenvalue weighted by Crippen LogP contribution is 2.22. The maximum Gasteiger partial charge on any atom is 0.163 e. The van der Waals surface area contributed by atoms with Crippen LogP contribution in [0.3, 0.4) is 0 Å². The molecule has 0 amide bonds. The maximum absolute atomic E-state index is 5.85. The van der Waals surface area contributed by atoms with Gasteiger partial charge in [-0.15, -0.1) is 0 Å². The van der Waals surface area contributed by atoms with Crippen LogP contribution in [0.4, 0.5) is 0 Å². The Labute approximate surface area is 98.4 Å². The Kier molecular flexibility index (Phi) is 4.45. The number of rotatable bonds is 3. The average Bonchev–Trinajstić information content (AvgIpc) is 2.10. The molecule has 2 nitrogen and oxygen atoms in total. The van der Waals surface area contributed by atoms with Crippen LogP contribution in [0.1, 0.15) is 5.56 Å². The Hall–Kier alpha value is -0.510. The predicted octanol–water partition coefficient (Wildman–Crippen LogP) is 2.37. The van der Waals surface area contributed by atoms with E-state index in [0.717, 1.165) is 12.0 Å². The van der Waals surface area contributed by atoms with Gasteiger partial charge in [0.25, 0.3) is 0 Å². The molecule has 1 rings (SSSR count). The Morgan fingerprint density at radius 3 is 2.64 bits per heavy atom. The summed E-state index contributed by atoms with van der Waals surface area (Å²) in [6.45, 7) is 0.702. The minimum absolute atomic E-state index is 0.310. The summed E-state index contributed by atoms with van der Waals surface area (Å²) in [4.78, 5) is 0. The highest BCUT2D eigenvalue weighted by Gasteiger charge is 1.99. The van der Waals surface area contributed by atoms with Crippen molar-refractivity contribution in [3.63, 3.8) is 0 Å². The molecule has 0 aliphatic heterocycles. The first kappa shape index (κ1) is 11.6. The van der Waals surface area contributed by atoms with E-state index in [0.29, 0.717) is 21.7 Å². The first-order valence-corrected chi connectivity index (χ1v) is 5.23. The maximum atomic E-state index is 5.85. The summed E-state index contributed by atoms with van der Waals surface area (Å²) in [5.74, 6) is 0. The minimum atomic E-state index is 0.310. The first-order valence-electron chi connectivity index (χ1n) is 4.07. The van der Waals surface area contributed by atoms with Crippen LogP contribution in [0.25, 0.3) is 0 Å². The van der Waals surface area contributed by atoms with E-state index in [9.17, 15) is 0 Å². The van der Waals surface area contributed by atoms with Crippen LogP contribution in [-0.4, -0.2) is 11.7 Å². The van der Waals surface area contributed by atoms with Crippen LogP contribution < -0.4 is 11.1 Å². The average molecular weight is 249 g/mol. The molecule has 3 N–H and O–H groups in total. The number of nitrogens with one attached hydrogen (secondary N) is 1. The van der Waals surface area contributed by atoms with Crippen molar-refractivity contribution in [3.05, 3.63) is 33.8 Å². The SMILES string of the molecule is NC(=S)NCCc1ccc(Cl)c(Cl)c1. The number of hydrogen-bond acceptors (Lipinski definition) is 1. The van der Waals surface area contributed by atoms with Crippen LogP contribution in [0.5, 0.6) is 0 Å². The Balaban J connectivity index is 2.51. The van der Waals surface area contributed by atoms with E-state index in [4.69, 9.17) is 28.9 Å². The standard InChI is InChI=1S/C9H10Cl2N2S/c10-7-2-1-6(5-8(7)11)3-4-13-9(12)14/h1-2,5H,3-4H2,(H3,12,13,14). The summed E-state index contributed by atoms with van der Waals surface area (Å²) in [5, 5.41) is 4.31. The molecule has 0 saturated heterocycles. The smallest absolute Gasteiger partial charge is 0.163 e. The zero-order valence-corrected chi connectivity index (χ0v) is 9.72. The van der Waals surface area contributed by atoms with Gasteiger partial charge in [0.1, 0.15) is 0 Å². The lowest BCUT2D eigenvalue weighted by molar-refractivity contribution is 0.870.